The molecule has 1 N–H and O–H groups in total. The molecule has 1 fully saturated rings. The van der Waals surface area contributed by atoms with Crippen molar-refractivity contribution in [3.8, 4) is 0 Å². The van der Waals surface area contributed by atoms with Crippen LogP contribution < -0.4 is 5.32 Å². The van der Waals surface area contributed by atoms with Crippen LogP contribution in [0.2, 0.25) is 0 Å². The number of furan rings is 1. The van der Waals surface area contributed by atoms with E-state index >= 15 is 0 Å². The van der Waals surface area contributed by atoms with E-state index in [9.17, 15) is 0 Å². The maximum Gasteiger partial charge on any atom is 0.125 e. The van der Waals surface area contributed by atoms with Crippen LogP contribution in [0.3, 0.4) is 0 Å². The first-order valence-electron chi connectivity index (χ1n) is 7.38. The monoisotopic (exact) mass is 270 g/mol. The summed E-state index contributed by atoms with van der Waals surface area (Å²) in [5.74, 6) is 1.04. The highest BCUT2D eigenvalue weighted by Crippen LogP contribution is 2.31. The number of piperidine rings is 1. The second kappa shape index (κ2) is 6.25. The fourth-order valence-corrected chi connectivity index (χ4v) is 3.11. The highest BCUT2D eigenvalue weighted by molar-refractivity contribution is 5.26. The van der Waals surface area contributed by atoms with E-state index in [0.717, 1.165) is 18.8 Å². The van der Waals surface area contributed by atoms with Crippen molar-refractivity contribution in [1.29, 1.82) is 0 Å². The van der Waals surface area contributed by atoms with Crippen molar-refractivity contribution >= 4 is 0 Å². The highest BCUT2D eigenvalue weighted by Gasteiger charge is 2.28. The van der Waals surface area contributed by atoms with Gasteiger partial charge in [-0.1, -0.05) is 30.3 Å². The Morgan fingerprint density at radius 2 is 2.05 bits per heavy atom. The molecule has 1 saturated heterocycles. The first-order chi connectivity index (χ1) is 9.88. The average Bonchev–Trinajstić information content (AvgIpc) is 3.03. The summed E-state index contributed by atoms with van der Waals surface area (Å²) in [4.78, 5) is 2.53. The van der Waals surface area contributed by atoms with Crippen LogP contribution in [-0.4, -0.2) is 31.1 Å². The van der Waals surface area contributed by atoms with E-state index in [1.54, 1.807) is 6.26 Å². The second-order valence-electron chi connectivity index (χ2n) is 5.45. The summed E-state index contributed by atoms with van der Waals surface area (Å²) >= 11 is 0. The lowest BCUT2D eigenvalue weighted by molar-refractivity contribution is 0.146. The molecule has 2 unspecified atom stereocenters. The normalized spacial score (nSPS) is 21.8. The van der Waals surface area contributed by atoms with Gasteiger partial charge in [0.2, 0.25) is 0 Å². The molecule has 0 bridgehead atoms. The summed E-state index contributed by atoms with van der Waals surface area (Å²) < 4.78 is 5.71. The van der Waals surface area contributed by atoms with Gasteiger partial charge in [-0.25, -0.2) is 0 Å². The lowest BCUT2D eigenvalue weighted by Gasteiger charge is -2.37. The predicted octanol–water partition coefficient (Wildman–Crippen LogP) is 3.05. The van der Waals surface area contributed by atoms with Crippen molar-refractivity contribution in [3.63, 3.8) is 0 Å². The Labute approximate surface area is 120 Å². The Morgan fingerprint density at radius 1 is 1.20 bits per heavy atom. The summed E-state index contributed by atoms with van der Waals surface area (Å²) in [5.41, 5.74) is 1.30. The molecule has 1 aliphatic heterocycles. The molecule has 2 atom stereocenters. The Morgan fingerprint density at radius 3 is 2.75 bits per heavy atom. The number of rotatable bonds is 4. The van der Waals surface area contributed by atoms with Crippen molar-refractivity contribution in [1.82, 2.24) is 10.2 Å². The van der Waals surface area contributed by atoms with Gasteiger partial charge in [0.05, 0.1) is 12.3 Å². The van der Waals surface area contributed by atoms with E-state index in [-0.39, 0.29) is 6.04 Å². The van der Waals surface area contributed by atoms with Crippen molar-refractivity contribution in [2.45, 2.75) is 24.9 Å². The molecule has 1 aromatic heterocycles. The van der Waals surface area contributed by atoms with Crippen LogP contribution in [0.1, 0.15) is 30.2 Å². The van der Waals surface area contributed by atoms with Gasteiger partial charge in [-0.05, 0) is 44.1 Å². The average molecular weight is 270 g/mol. The van der Waals surface area contributed by atoms with Crippen molar-refractivity contribution < 1.29 is 4.42 Å². The molecule has 2 heterocycles. The molecule has 1 aromatic carbocycles. The summed E-state index contributed by atoms with van der Waals surface area (Å²) in [6.07, 6.45) is 4.26. The minimum absolute atomic E-state index is 0.224. The summed E-state index contributed by atoms with van der Waals surface area (Å²) in [7, 11) is 2.05. The van der Waals surface area contributed by atoms with Crippen LogP contribution in [-0.2, 0) is 0 Å². The third kappa shape index (κ3) is 2.79. The summed E-state index contributed by atoms with van der Waals surface area (Å²) in [5, 5.41) is 3.41. The largest absolute Gasteiger partial charge is 0.467 e. The SMILES string of the molecule is CNC1CCCN(C(c2ccccc2)c2ccco2)C1. The Hall–Kier alpha value is -1.58. The number of likely N-dealkylation sites (tertiary alicyclic amines) is 1. The number of likely N-dealkylation sites (N-methyl/N-ethyl adjacent to an activating group) is 1. The quantitative estimate of drug-likeness (QED) is 0.925. The van der Waals surface area contributed by atoms with E-state index in [4.69, 9.17) is 4.42 Å². The Kier molecular flexibility index (Phi) is 4.19. The topological polar surface area (TPSA) is 28.4 Å². The van der Waals surface area contributed by atoms with Gasteiger partial charge in [-0.15, -0.1) is 0 Å². The van der Waals surface area contributed by atoms with E-state index in [1.807, 2.05) is 6.07 Å². The molecule has 3 heteroatoms. The van der Waals surface area contributed by atoms with Crippen LogP contribution in [0.4, 0.5) is 0 Å². The number of hydrogen-bond donors (Lipinski definition) is 1. The van der Waals surface area contributed by atoms with Crippen LogP contribution >= 0.6 is 0 Å². The molecule has 0 aliphatic carbocycles. The van der Waals surface area contributed by atoms with E-state index in [2.05, 4.69) is 53.7 Å². The molecule has 0 saturated carbocycles. The van der Waals surface area contributed by atoms with Gasteiger partial charge in [0.25, 0.3) is 0 Å². The molecule has 0 spiro atoms. The third-order valence-electron chi connectivity index (χ3n) is 4.15. The maximum absolute atomic E-state index is 5.71. The number of nitrogens with zero attached hydrogens (tertiary/aromatic N) is 1. The molecule has 3 rings (SSSR count). The lowest BCUT2D eigenvalue weighted by atomic mass is 9.98. The highest BCUT2D eigenvalue weighted by atomic mass is 16.3. The van der Waals surface area contributed by atoms with Crippen LogP contribution in [0.25, 0.3) is 0 Å². The van der Waals surface area contributed by atoms with Gasteiger partial charge >= 0.3 is 0 Å². The van der Waals surface area contributed by atoms with E-state index < -0.39 is 0 Å². The minimum Gasteiger partial charge on any atom is -0.467 e. The van der Waals surface area contributed by atoms with Crippen molar-refractivity contribution in [2.24, 2.45) is 0 Å². The zero-order valence-corrected chi connectivity index (χ0v) is 12.0. The maximum atomic E-state index is 5.71. The molecule has 0 radical (unpaired) electrons. The molecular formula is C17H22N2O. The summed E-state index contributed by atoms with van der Waals surface area (Å²) in [6, 6.07) is 15.5. The van der Waals surface area contributed by atoms with Crippen molar-refractivity contribution in [3.05, 3.63) is 60.1 Å². The number of nitrogens with one attached hydrogen (secondary N) is 1. The Bertz CT molecular complexity index is 509. The van der Waals surface area contributed by atoms with Gasteiger partial charge in [0.15, 0.2) is 0 Å². The molecular weight excluding hydrogens is 248 g/mol. The molecule has 0 amide bonds. The molecule has 2 aromatic rings. The first kappa shape index (κ1) is 13.4. The van der Waals surface area contributed by atoms with Crippen LogP contribution in [0, 0.1) is 0 Å². The van der Waals surface area contributed by atoms with Crippen LogP contribution in [0.5, 0.6) is 0 Å². The Balaban J connectivity index is 1.90. The van der Waals surface area contributed by atoms with E-state index in [1.165, 1.54) is 18.4 Å². The zero-order chi connectivity index (χ0) is 13.8. The first-order valence-corrected chi connectivity index (χ1v) is 7.38. The standard InChI is InChI=1S/C17H22N2O/c1-18-15-9-5-11-19(13-15)17(16-10-6-12-20-16)14-7-3-2-4-8-14/h2-4,6-8,10,12,15,17-18H,5,9,11,13H2,1H3. The predicted molar refractivity (Wildman–Crippen MR) is 80.6 cm³/mol. The van der Waals surface area contributed by atoms with Gasteiger partial charge in [0.1, 0.15) is 5.76 Å². The van der Waals surface area contributed by atoms with Gasteiger partial charge in [-0.2, -0.15) is 0 Å². The fourth-order valence-electron chi connectivity index (χ4n) is 3.11. The third-order valence-corrected chi connectivity index (χ3v) is 4.15. The van der Waals surface area contributed by atoms with Gasteiger partial charge in [-0.3, -0.25) is 4.90 Å². The lowest BCUT2D eigenvalue weighted by Crippen LogP contribution is -2.46. The molecule has 1 aliphatic rings. The minimum atomic E-state index is 0.224. The number of benzene rings is 1. The van der Waals surface area contributed by atoms with Gasteiger partial charge in [0, 0.05) is 12.6 Å². The smallest absolute Gasteiger partial charge is 0.125 e. The van der Waals surface area contributed by atoms with Crippen molar-refractivity contribution in [2.75, 3.05) is 20.1 Å². The fraction of sp³-hybridized carbons (Fsp3) is 0.412. The molecule has 20 heavy (non-hydrogen) atoms. The zero-order valence-electron chi connectivity index (χ0n) is 12.0. The summed E-state index contributed by atoms with van der Waals surface area (Å²) in [6.45, 7) is 2.19. The van der Waals surface area contributed by atoms with Gasteiger partial charge < -0.3 is 9.73 Å². The van der Waals surface area contributed by atoms with E-state index in [0.29, 0.717) is 6.04 Å². The van der Waals surface area contributed by atoms with Crippen LogP contribution in [0.15, 0.2) is 53.1 Å². The second-order valence-corrected chi connectivity index (χ2v) is 5.45. The molecule has 3 nitrogen and oxygen atoms in total. The molecule has 106 valence electrons. The number of hydrogen-bond acceptors (Lipinski definition) is 3.